The average Bonchev–Trinajstić information content (AvgIpc) is 2.12. The second-order valence-electron chi connectivity index (χ2n) is 3.33. The number of nitrogens with one attached hydrogen (secondary N) is 1. The van der Waals surface area contributed by atoms with Crippen LogP contribution in [0.4, 0.5) is 0 Å². The van der Waals surface area contributed by atoms with Crippen LogP contribution in [0.5, 0.6) is 0 Å². The molecule has 0 aromatic heterocycles. The van der Waals surface area contributed by atoms with Crippen molar-refractivity contribution in [1.82, 2.24) is 5.32 Å². The van der Waals surface area contributed by atoms with E-state index >= 15 is 0 Å². The molecule has 13 heavy (non-hydrogen) atoms. The molecular weight excluding hydrogens is 166 g/mol. The maximum Gasteiger partial charge on any atom is 0.149 e. The number of carbonyl (C=O) groups excluding carboxylic acids is 1. The summed E-state index contributed by atoms with van der Waals surface area (Å²) in [5.41, 5.74) is 0. The minimum atomic E-state index is 0.194. The van der Waals surface area contributed by atoms with Gasteiger partial charge in [-0.2, -0.15) is 0 Å². The van der Waals surface area contributed by atoms with E-state index in [9.17, 15) is 4.79 Å². The first kappa shape index (κ1) is 12.6. The predicted molar refractivity (Wildman–Crippen MR) is 53.8 cm³/mol. The molecule has 0 aromatic carbocycles. The number of hydrogen-bond acceptors (Lipinski definition) is 3. The predicted octanol–water partition coefficient (Wildman–Crippen LogP) is 1.23. The summed E-state index contributed by atoms with van der Waals surface area (Å²) in [6, 6.07) is 0. The summed E-state index contributed by atoms with van der Waals surface area (Å²) in [5, 5.41) is 3.05. The molecule has 3 heteroatoms. The Morgan fingerprint density at radius 2 is 2.23 bits per heavy atom. The van der Waals surface area contributed by atoms with Crippen LogP contribution in [-0.2, 0) is 9.53 Å². The van der Waals surface area contributed by atoms with Crippen molar-refractivity contribution >= 4 is 5.78 Å². The first-order valence-corrected chi connectivity index (χ1v) is 4.94. The quantitative estimate of drug-likeness (QED) is 0.581. The van der Waals surface area contributed by atoms with E-state index in [4.69, 9.17) is 4.74 Å². The van der Waals surface area contributed by atoms with Crippen LogP contribution in [0.1, 0.15) is 26.7 Å². The van der Waals surface area contributed by atoms with Crippen LogP contribution in [0.15, 0.2) is 0 Å². The van der Waals surface area contributed by atoms with Gasteiger partial charge in [0.15, 0.2) is 0 Å². The number of hydrogen-bond donors (Lipinski definition) is 1. The molecule has 0 aromatic rings. The lowest BCUT2D eigenvalue weighted by molar-refractivity contribution is -0.121. The highest BCUT2D eigenvalue weighted by molar-refractivity contribution is 5.82. The van der Waals surface area contributed by atoms with Gasteiger partial charge < -0.3 is 10.1 Å². The van der Waals surface area contributed by atoms with Gasteiger partial charge in [0.1, 0.15) is 5.78 Å². The van der Waals surface area contributed by atoms with Gasteiger partial charge in [-0.15, -0.1) is 0 Å². The molecule has 0 saturated carbocycles. The number of ether oxygens (including phenoxy) is 1. The van der Waals surface area contributed by atoms with E-state index in [1.807, 2.05) is 6.92 Å². The summed E-state index contributed by atoms with van der Waals surface area (Å²) in [4.78, 5) is 11.4. The number of ketones is 1. The molecule has 0 rings (SSSR count). The van der Waals surface area contributed by atoms with Gasteiger partial charge in [-0.05, 0) is 6.42 Å². The zero-order chi connectivity index (χ0) is 10.1. The third kappa shape index (κ3) is 6.72. The zero-order valence-electron chi connectivity index (χ0n) is 8.93. The third-order valence-electron chi connectivity index (χ3n) is 2.05. The van der Waals surface area contributed by atoms with Crippen molar-refractivity contribution < 1.29 is 9.53 Å². The molecule has 3 nitrogen and oxygen atoms in total. The van der Waals surface area contributed by atoms with Gasteiger partial charge >= 0.3 is 0 Å². The molecule has 0 heterocycles. The fraction of sp³-hybridized carbons (Fsp3) is 0.900. The monoisotopic (exact) mass is 187 g/mol. The smallest absolute Gasteiger partial charge is 0.149 e. The molecule has 0 spiro atoms. The molecule has 1 atom stereocenters. The van der Waals surface area contributed by atoms with E-state index in [1.165, 1.54) is 0 Å². The van der Waals surface area contributed by atoms with E-state index in [1.54, 1.807) is 7.11 Å². The van der Waals surface area contributed by atoms with E-state index < -0.39 is 0 Å². The summed E-state index contributed by atoms with van der Waals surface area (Å²) in [6.45, 7) is 5.98. The van der Waals surface area contributed by atoms with E-state index in [0.29, 0.717) is 18.9 Å². The molecule has 0 saturated heterocycles. The lowest BCUT2D eigenvalue weighted by Crippen LogP contribution is -2.29. The number of methoxy groups -OCH3 is 1. The first-order chi connectivity index (χ1) is 6.22. The van der Waals surface area contributed by atoms with Crippen molar-refractivity contribution in [2.24, 2.45) is 5.92 Å². The van der Waals surface area contributed by atoms with Crippen LogP contribution in [0.3, 0.4) is 0 Å². The normalized spacial score (nSPS) is 12.8. The maximum atomic E-state index is 11.4. The van der Waals surface area contributed by atoms with Crippen molar-refractivity contribution in [1.29, 1.82) is 0 Å². The molecule has 0 amide bonds. The zero-order valence-corrected chi connectivity index (χ0v) is 8.93. The summed E-state index contributed by atoms with van der Waals surface area (Å²) in [7, 11) is 1.66. The van der Waals surface area contributed by atoms with Crippen LogP contribution >= 0.6 is 0 Å². The molecule has 0 aliphatic heterocycles. The highest BCUT2D eigenvalue weighted by Gasteiger charge is 2.10. The molecule has 1 unspecified atom stereocenters. The highest BCUT2D eigenvalue weighted by atomic mass is 16.5. The van der Waals surface area contributed by atoms with Gasteiger partial charge in [-0.1, -0.05) is 20.3 Å². The van der Waals surface area contributed by atoms with Gasteiger partial charge in [0.2, 0.25) is 0 Å². The van der Waals surface area contributed by atoms with E-state index in [2.05, 4.69) is 12.2 Å². The van der Waals surface area contributed by atoms with Crippen molar-refractivity contribution in [2.45, 2.75) is 26.7 Å². The SMILES string of the molecule is CCCC(C)C(=O)CNCCOC. The number of Topliss-reactive ketones (excluding diaryl/α,β-unsaturated/α-hetero) is 1. The van der Waals surface area contributed by atoms with Crippen molar-refractivity contribution in [3.63, 3.8) is 0 Å². The second kappa shape index (κ2) is 8.20. The molecule has 0 radical (unpaired) electrons. The average molecular weight is 187 g/mol. The largest absolute Gasteiger partial charge is 0.383 e. The van der Waals surface area contributed by atoms with Crippen molar-refractivity contribution in [2.75, 3.05) is 26.8 Å². The highest BCUT2D eigenvalue weighted by Crippen LogP contribution is 2.04. The Morgan fingerprint density at radius 1 is 1.54 bits per heavy atom. The Morgan fingerprint density at radius 3 is 2.77 bits per heavy atom. The molecule has 0 aliphatic rings. The summed E-state index contributed by atoms with van der Waals surface area (Å²) >= 11 is 0. The van der Waals surface area contributed by atoms with Crippen LogP contribution < -0.4 is 5.32 Å². The van der Waals surface area contributed by atoms with Crippen LogP contribution in [0, 0.1) is 5.92 Å². The summed E-state index contributed by atoms with van der Waals surface area (Å²) in [6.07, 6.45) is 2.07. The lowest BCUT2D eigenvalue weighted by atomic mass is 10.0. The van der Waals surface area contributed by atoms with Gasteiger partial charge in [-0.25, -0.2) is 0 Å². The van der Waals surface area contributed by atoms with E-state index in [-0.39, 0.29) is 5.92 Å². The van der Waals surface area contributed by atoms with E-state index in [0.717, 1.165) is 19.4 Å². The number of carbonyl (C=O) groups is 1. The second-order valence-corrected chi connectivity index (χ2v) is 3.33. The fourth-order valence-electron chi connectivity index (χ4n) is 1.15. The molecule has 1 N–H and O–H groups in total. The van der Waals surface area contributed by atoms with Gasteiger partial charge in [0.25, 0.3) is 0 Å². The number of rotatable bonds is 8. The molecule has 0 fully saturated rings. The minimum absolute atomic E-state index is 0.194. The Balaban J connectivity index is 3.38. The Kier molecular flexibility index (Phi) is 7.94. The van der Waals surface area contributed by atoms with Gasteiger partial charge in [0.05, 0.1) is 13.2 Å². The standard InChI is InChI=1S/C10H21NO2/c1-4-5-9(2)10(12)8-11-6-7-13-3/h9,11H,4-8H2,1-3H3. The summed E-state index contributed by atoms with van der Waals surface area (Å²) < 4.78 is 4.86. The lowest BCUT2D eigenvalue weighted by Gasteiger charge is -2.09. The van der Waals surface area contributed by atoms with Crippen LogP contribution in [-0.4, -0.2) is 32.6 Å². The fourth-order valence-corrected chi connectivity index (χ4v) is 1.15. The molecular formula is C10H21NO2. The first-order valence-electron chi connectivity index (χ1n) is 4.94. The summed E-state index contributed by atoms with van der Waals surface area (Å²) in [5.74, 6) is 0.498. The maximum absolute atomic E-state index is 11.4. The molecule has 78 valence electrons. The van der Waals surface area contributed by atoms with Crippen LogP contribution in [0.25, 0.3) is 0 Å². The molecule has 0 bridgehead atoms. The third-order valence-corrected chi connectivity index (χ3v) is 2.05. The van der Waals surface area contributed by atoms with Crippen molar-refractivity contribution in [3.8, 4) is 0 Å². The van der Waals surface area contributed by atoms with Gasteiger partial charge in [0, 0.05) is 19.6 Å². The van der Waals surface area contributed by atoms with Crippen molar-refractivity contribution in [3.05, 3.63) is 0 Å². The minimum Gasteiger partial charge on any atom is -0.383 e. The topological polar surface area (TPSA) is 38.3 Å². The Labute approximate surface area is 80.8 Å². The Bertz CT molecular complexity index is 137. The van der Waals surface area contributed by atoms with Crippen LogP contribution in [0.2, 0.25) is 0 Å². The Hall–Kier alpha value is -0.410. The van der Waals surface area contributed by atoms with Gasteiger partial charge in [-0.3, -0.25) is 4.79 Å². The molecule has 0 aliphatic carbocycles.